The van der Waals surface area contributed by atoms with Crippen molar-refractivity contribution >= 4 is 40.2 Å². The van der Waals surface area contributed by atoms with E-state index in [4.69, 9.17) is 0 Å². The van der Waals surface area contributed by atoms with Gasteiger partial charge in [-0.25, -0.2) is 4.98 Å². The fourth-order valence-corrected chi connectivity index (χ4v) is 4.02. The summed E-state index contributed by atoms with van der Waals surface area (Å²) in [5.41, 5.74) is 3.23. The largest absolute Gasteiger partial charge is 0.380 e. The predicted octanol–water partition coefficient (Wildman–Crippen LogP) is 3.34. The van der Waals surface area contributed by atoms with Gasteiger partial charge in [0.05, 0.1) is 5.69 Å². The minimum absolute atomic E-state index is 0.242. The number of aldehydes is 1. The normalized spacial score (nSPS) is 16.9. The minimum atomic E-state index is -0.242. The average Bonchev–Trinajstić information content (AvgIpc) is 3.16. The summed E-state index contributed by atoms with van der Waals surface area (Å²) < 4.78 is 0. The minimum Gasteiger partial charge on any atom is -0.380 e. The number of hydrogen-bond acceptors (Lipinski definition) is 6. The topological polar surface area (TPSA) is 67.5 Å². The molecule has 4 rings (SSSR count). The molecule has 3 heterocycles. The fraction of sp³-hybridized carbons (Fsp3) is 0.391. The average molecular weight is 407 g/mol. The number of nitrogens with zero attached hydrogens (tertiary/aromatic N) is 4. The van der Waals surface area contributed by atoms with Gasteiger partial charge in [-0.05, 0) is 44.2 Å². The first-order valence-electron chi connectivity index (χ1n) is 10.4. The van der Waals surface area contributed by atoms with E-state index in [9.17, 15) is 4.79 Å². The first-order chi connectivity index (χ1) is 14.5. The van der Waals surface area contributed by atoms with E-state index in [-0.39, 0.29) is 6.04 Å². The van der Waals surface area contributed by atoms with Crippen LogP contribution in [0.3, 0.4) is 0 Å². The Morgan fingerprint density at radius 2 is 2.07 bits per heavy atom. The van der Waals surface area contributed by atoms with Gasteiger partial charge >= 0.3 is 0 Å². The second-order valence-electron chi connectivity index (χ2n) is 8.34. The molecule has 0 amide bonds. The van der Waals surface area contributed by atoms with E-state index in [2.05, 4.69) is 68.1 Å². The molecular formula is C23H30N6O. The van der Waals surface area contributed by atoms with Crippen LogP contribution in [0, 0.1) is 0 Å². The van der Waals surface area contributed by atoms with Crippen molar-refractivity contribution in [1.29, 1.82) is 0 Å². The van der Waals surface area contributed by atoms with Crippen molar-refractivity contribution < 1.29 is 4.79 Å². The summed E-state index contributed by atoms with van der Waals surface area (Å²) in [6.45, 7) is 6.37. The molecular weight excluding hydrogens is 376 g/mol. The van der Waals surface area contributed by atoms with Crippen molar-refractivity contribution in [1.82, 2.24) is 9.97 Å². The Hall–Kier alpha value is -3.22. The zero-order chi connectivity index (χ0) is 21.3. The maximum atomic E-state index is 12.0. The summed E-state index contributed by atoms with van der Waals surface area (Å²) in [7, 11) is 4.07. The summed E-state index contributed by atoms with van der Waals surface area (Å²) in [5, 5.41) is 4.61. The van der Waals surface area contributed by atoms with Crippen LogP contribution in [0.4, 0.5) is 23.0 Å². The number of aromatic nitrogens is 2. The second kappa shape index (κ2) is 8.26. The van der Waals surface area contributed by atoms with Gasteiger partial charge in [-0.15, -0.1) is 0 Å². The molecule has 1 aromatic carbocycles. The lowest BCUT2D eigenvalue weighted by atomic mass is 10.1. The van der Waals surface area contributed by atoms with Gasteiger partial charge in [-0.2, -0.15) is 0 Å². The van der Waals surface area contributed by atoms with Gasteiger partial charge in [0.1, 0.15) is 18.1 Å². The Morgan fingerprint density at radius 3 is 2.80 bits per heavy atom. The molecule has 1 unspecified atom stereocenters. The van der Waals surface area contributed by atoms with Gasteiger partial charge in [0.2, 0.25) is 0 Å². The lowest BCUT2D eigenvalue weighted by molar-refractivity contribution is -0.109. The standard InChI is InChI=1S/C23H30N6O/c1-16(2)25-20-6-5-9-24-23(20)28-10-11-29(19(14-28)15-30)22-12-17-7-8-18(27(3)4)13-21(17)26-22/h5-9,12-13,15-16,19,25-26H,10-11,14H2,1-4H3. The van der Waals surface area contributed by atoms with Gasteiger partial charge in [-0.3, -0.25) is 0 Å². The Balaban J connectivity index is 1.58. The van der Waals surface area contributed by atoms with Crippen LogP contribution in [-0.2, 0) is 4.79 Å². The van der Waals surface area contributed by atoms with Crippen molar-refractivity contribution in [3.8, 4) is 0 Å². The number of benzene rings is 1. The number of carbonyl (C=O) groups is 1. The third-order valence-corrected chi connectivity index (χ3v) is 5.52. The Bertz CT molecular complexity index is 1030. The van der Waals surface area contributed by atoms with Crippen molar-refractivity contribution in [2.24, 2.45) is 0 Å². The van der Waals surface area contributed by atoms with E-state index in [0.717, 1.165) is 53.3 Å². The molecule has 0 spiro atoms. The number of aromatic amines is 1. The molecule has 0 radical (unpaired) electrons. The highest BCUT2D eigenvalue weighted by atomic mass is 16.1. The first kappa shape index (κ1) is 20.1. The van der Waals surface area contributed by atoms with E-state index in [0.29, 0.717) is 12.6 Å². The molecule has 0 bridgehead atoms. The molecule has 1 saturated heterocycles. The number of hydrogen-bond donors (Lipinski definition) is 2. The number of nitrogens with one attached hydrogen (secondary N) is 2. The molecule has 1 aliphatic rings. The summed E-state index contributed by atoms with van der Waals surface area (Å²) in [4.78, 5) is 26.6. The zero-order valence-corrected chi connectivity index (χ0v) is 18.1. The van der Waals surface area contributed by atoms with Gasteiger partial charge in [0.25, 0.3) is 0 Å². The van der Waals surface area contributed by atoms with Crippen molar-refractivity contribution in [3.63, 3.8) is 0 Å². The van der Waals surface area contributed by atoms with Crippen LogP contribution in [0.5, 0.6) is 0 Å². The Morgan fingerprint density at radius 1 is 1.23 bits per heavy atom. The zero-order valence-electron chi connectivity index (χ0n) is 18.1. The van der Waals surface area contributed by atoms with Crippen LogP contribution >= 0.6 is 0 Å². The van der Waals surface area contributed by atoms with Crippen LogP contribution < -0.4 is 20.0 Å². The molecule has 1 fully saturated rings. The summed E-state index contributed by atoms with van der Waals surface area (Å²) in [6, 6.07) is 12.6. The van der Waals surface area contributed by atoms with E-state index in [1.165, 1.54) is 0 Å². The van der Waals surface area contributed by atoms with Crippen molar-refractivity contribution in [3.05, 3.63) is 42.6 Å². The fourth-order valence-electron chi connectivity index (χ4n) is 4.02. The lowest BCUT2D eigenvalue weighted by Crippen LogP contribution is -2.54. The highest BCUT2D eigenvalue weighted by Gasteiger charge is 2.29. The highest BCUT2D eigenvalue weighted by molar-refractivity contribution is 5.88. The Kier molecular flexibility index (Phi) is 5.53. The molecule has 7 heteroatoms. The number of H-pyrrole nitrogens is 1. The molecule has 2 N–H and O–H groups in total. The quantitative estimate of drug-likeness (QED) is 0.612. The Labute approximate surface area is 177 Å². The number of piperazine rings is 1. The molecule has 3 aromatic rings. The molecule has 1 atom stereocenters. The summed E-state index contributed by atoms with van der Waals surface area (Å²) in [5.74, 6) is 1.89. The molecule has 7 nitrogen and oxygen atoms in total. The summed E-state index contributed by atoms with van der Waals surface area (Å²) >= 11 is 0. The number of fused-ring (bicyclic) bond motifs is 1. The van der Waals surface area contributed by atoms with Crippen LogP contribution in [0.25, 0.3) is 10.9 Å². The maximum Gasteiger partial charge on any atom is 0.152 e. The molecule has 1 aliphatic heterocycles. The highest BCUT2D eigenvalue weighted by Crippen LogP contribution is 2.30. The molecule has 2 aromatic heterocycles. The van der Waals surface area contributed by atoms with Crippen LogP contribution in [0.15, 0.2) is 42.6 Å². The van der Waals surface area contributed by atoms with E-state index in [1.807, 2.05) is 32.4 Å². The second-order valence-corrected chi connectivity index (χ2v) is 8.34. The van der Waals surface area contributed by atoms with E-state index in [1.54, 1.807) is 0 Å². The first-order valence-corrected chi connectivity index (χ1v) is 10.4. The molecule has 158 valence electrons. The van der Waals surface area contributed by atoms with Crippen LogP contribution in [0.2, 0.25) is 0 Å². The van der Waals surface area contributed by atoms with Crippen LogP contribution in [-0.4, -0.2) is 62.1 Å². The smallest absolute Gasteiger partial charge is 0.152 e. The predicted molar refractivity (Wildman–Crippen MR) is 125 cm³/mol. The third-order valence-electron chi connectivity index (χ3n) is 5.52. The maximum absolute atomic E-state index is 12.0. The van der Waals surface area contributed by atoms with Gasteiger partial charge in [-0.1, -0.05) is 6.07 Å². The number of anilines is 4. The van der Waals surface area contributed by atoms with Gasteiger partial charge in [0, 0.05) is 62.6 Å². The van der Waals surface area contributed by atoms with Gasteiger partial charge < -0.3 is 29.8 Å². The van der Waals surface area contributed by atoms with Crippen molar-refractivity contribution in [2.75, 3.05) is 53.7 Å². The molecule has 0 saturated carbocycles. The van der Waals surface area contributed by atoms with E-state index < -0.39 is 0 Å². The molecule has 0 aliphatic carbocycles. The van der Waals surface area contributed by atoms with Gasteiger partial charge in [0.15, 0.2) is 5.82 Å². The van der Waals surface area contributed by atoms with Crippen LogP contribution in [0.1, 0.15) is 13.8 Å². The van der Waals surface area contributed by atoms with E-state index >= 15 is 0 Å². The van der Waals surface area contributed by atoms with Crippen molar-refractivity contribution in [2.45, 2.75) is 25.9 Å². The lowest BCUT2D eigenvalue weighted by Gasteiger charge is -2.40. The molecule has 30 heavy (non-hydrogen) atoms. The SMILES string of the molecule is CC(C)Nc1cccnc1N1CCN(c2cc3ccc(N(C)C)cc3[nH]2)C(C=O)C1. The number of carbonyl (C=O) groups excluding carboxylic acids is 1. The number of rotatable bonds is 6. The third kappa shape index (κ3) is 3.92. The monoisotopic (exact) mass is 406 g/mol. The number of pyridine rings is 1. The summed E-state index contributed by atoms with van der Waals surface area (Å²) in [6.07, 6.45) is 2.85.